The van der Waals surface area contributed by atoms with Gasteiger partial charge in [-0.3, -0.25) is 4.98 Å². The summed E-state index contributed by atoms with van der Waals surface area (Å²) in [5.74, 6) is 0. The molecule has 0 atom stereocenters. The van der Waals surface area contributed by atoms with Gasteiger partial charge in [0.05, 0.1) is 0 Å². The lowest BCUT2D eigenvalue weighted by molar-refractivity contribution is 0.198. The highest BCUT2D eigenvalue weighted by Gasteiger charge is 2.17. The molecule has 0 saturated carbocycles. The molecule has 1 aromatic carbocycles. The fourth-order valence-electron chi connectivity index (χ4n) is 2.41. The minimum atomic E-state index is -0.0580. The number of amides is 2. The van der Waals surface area contributed by atoms with Crippen LogP contribution in [0, 0.1) is 13.8 Å². The average Bonchev–Trinajstić information content (AvgIpc) is 2.52. The summed E-state index contributed by atoms with van der Waals surface area (Å²) in [7, 11) is 0. The first-order valence-corrected chi connectivity index (χ1v) is 8.01. The van der Waals surface area contributed by atoms with E-state index >= 15 is 0 Å². The van der Waals surface area contributed by atoms with Gasteiger partial charge in [-0.1, -0.05) is 6.07 Å². The minimum Gasteiger partial charge on any atom is -0.322 e. The van der Waals surface area contributed by atoms with Gasteiger partial charge in [0.2, 0.25) is 0 Å². The molecule has 0 aliphatic rings. The first kappa shape index (κ1) is 17.0. The number of nitrogens with one attached hydrogen (secondary N) is 1. The quantitative estimate of drug-likeness (QED) is 0.900. The fraction of sp³-hybridized carbons (Fsp3) is 0.368. The molecular weight excluding hydrogens is 286 g/mol. The number of rotatable bonds is 5. The Morgan fingerprint density at radius 3 is 2.43 bits per heavy atom. The van der Waals surface area contributed by atoms with E-state index in [0.29, 0.717) is 6.54 Å². The van der Waals surface area contributed by atoms with Gasteiger partial charge in [-0.05, 0) is 75.1 Å². The van der Waals surface area contributed by atoms with Crippen LogP contribution in [0.25, 0.3) is 0 Å². The van der Waals surface area contributed by atoms with Gasteiger partial charge in [0.1, 0.15) is 0 Å². The molecule has 0 spiro atoms. The van der Waals surface area contributed by atoms with Gasteiger partial charge in [0, 0.05) is 30.7 Å². The monoisotopic (exact) mass is 311 g/mol. The topological polar surface area (TPSA) is 45.2 Å². The molecule has 23 heavy (non-hydrogen) atoms. The molecule has 0 unspecified atom stereocenters. The van der Waals surface area contributed by atoms with E-state index in [1.54, 1.807) is 12.4 Å². The van der Waals surface area contributed by atoms with Crippen LogP contribution in [0.1, 0.15) is 30.5 Å². The molecule has 0 aliphatic heterocycles. The van der Waals surface area contributed by atoms with Crippen molar-refractivity contribution in [3.05, 3.63) is 59.4 Å². The van der Waals surface area contributed by atoms with Crippen LogP contribution in [0.15, 0.2) is 42.7 Å². The van der Waals surface area contributed by atoms with Crippen LogP contribution in [0.5, 0.6) is 0 Å². The van der Waals surface area contributed by atoms with E-state index in [1.807, 2.05) is 49.1 Å². The van der Waals surface area contributed by atoms with Crippen LogP contribution in [0.4, 0.5) is 10.5 Å². The Morgan fingerprint density at radius 2 is 1.83 bits per heavy atom. The molecule has 4 nitrogen and oxygen atoms in total. The molecular formula is C19H25N3O. The maximum absolute atomic E-state index is 12.6. The largest absolute Gasteiger partial charge is 0.322 e. The lowest BCUT2D eigenvalue weighted by Gasteiger charge is -2.27. The molecule has 1 N–H and O–H groups in total. The SMILES string of the molecule is Cc1ccc(NC(=O)N(CCc2ccncc2)C(C)C)cc1C. The summed E-state index contributed by atoms with van der Waals surface area (Å²) in [4.78, 5) is 18.5. The van der Waals surface area contributed by atoms with E-state index in [9.17, 15) is 4.79 Å². The van der Waals surface area contributed by atoms with Crippen molar-refractivity contribution in [2.75, 3.05) is 11.9 Å². The molecule has 2 aromatic rings. The zero-order valence-electron chi connectivity index (χ0n) is 14.3. The third-order valence-electron chi connectivity index (χ3n) is 4.03. The van der Waals surface area contributed by atoms with Crippen molar-refractivity contribution in [2.24, 2.45) is 0 Å². The predicted molar refractivity (Wildman–Crippen MR) is 94.7 cm³/mol. The summed E-state index contributed by atoms with van der Waals surface area (Å²) in [6, 6.07) is 10.0. The highest BCUT2D eigenvalue weighted by Crippen LogP contribution is 2.15. The number of aryl methyl sites for hydroxylation is 2. The van der Waals surface area contributed by atoms with Gasteiger partial charge in [-0.25, -0.2) is 4.79 Å². The number of carbonyl (C=O) groups is 1. The molecule has 2 rings (SSSR count). The van der Waals surface area contributed by atoms with Gasteiger partial charge in [-0.2, -0.15) is 0 Å². The van der Waals surface area contributed by atoms with Crippen molar-refractivity contribution < 1.29 is 4.79 Å². The summed E-state index contributed by atoms with van der Waals surface area (Å²) < 4.78 is 0. The molecule has 4 heteroatoms. The second-order valence-electron chi connectivity index (χ2n) is 6.12. The smallest absolute Gasteiger partial charge is 0.322 e. The Balaban J connectivity index is 2.01. The Hall–Kier alpha value is -2.36. The van der Waals surface area contributed by atoms with Crippen LogP contribution < -0.4 is 5.32 Å². The molecule has 0 radical (unpaired) electrons. The number of nitrogens with zero attached hydrogens (tertiary/aromatic N) is 2. The number of anilines is 1. The van der Waals surface area contributed by atoms with E-state index in [4.69, 9.17) is 0 Å². The van der Waals surface area contributed by atoms with Crippen LogP contribution in [-0.2, 0) is 6.42 Å². The number of benzene rings is 1. The Kier molecular flexibility index (Phi) is 5.74. The van der Waals surface area contributed by atoms with Crippen LogP contribution in [0.3, 0.4) is 0 Å². The maximum Gasteiger partial charge on any atom is 0.322 e. The van der Waals surface area contributed by atoms with Gasteiger partial charge in [0.25, 0.3) is 0 Å². The Labute approximate surface area is 138 Å². The lowest BCUT2D eigenvalue weighted by atomic mass is 10.1. The molecule has 0 aliphatic carbocycles. The first-order valence-electron chi connectivity index (χ1n) is 8.01. The van der Waals surface area contributed by atoms with E-state index in [2.05, 4.69) is 24.1 Å². The molecule has 122 valence electrons. The van der Waals surface area contributed by atoms with Crippen LogP contribution >= 0.6 is 0 Å². The molecule has 0 saturated heterocycles. The minimum absolute atomic E-state index is 0.0580. The number of aromatic nitrogens is 1. The van der Waals surface area contributed by atoms with E-state index in [1.165, 1.54) is 16.7 Å². The zero-order valence-corrected chi connectivity index (χ0v) is 14.3. The van der Waals surface area contributed by atoms with Gasteiger partial charge in [-0.15, -0.1) is 0 Å². The third kappa shape index (κ3) is 4.81. The van der Waals surface area contributed by atoms with Gasteiger partial charge < -0.3 is 10.2 Å². The van der Waals surface area contributed by atoms with Gasteiger partial charge >= 0.3 is 6.03 Å². The number of urea groups is 1. The summed E-state index contributed by atoms with van der Waals surface area (Å²) in [6.45, 7) is 8.86. The number of hydrogen-bond acceptors (Lipinski definition) is 2. The summed E-state index contributed by atoms with van der Waals surface area (Å²) in [6.07, 6.45) is 4.38. The molecule has 2 amide bonds. The van der Waals surface area contributed by atoms with E-state index < -0.39 is 0 Å². The van der Waals surface area contributed by atoms with Crippen molar-refractivity contribution in [1.29, 1.82) is 0 Å². The normalized spacial score (nSPS) is 10.7. The Bertz CT molecular complexity index is 653. The van der Waals surface area contributed by atoms with Gasteiger partial charge in [0.15, 0.2) is 0 Å². The van der Waals surface area contributed by atoms with Crippen molar-refractivity contribution in [3.63, 3.8) is 0 Å². The standard InChI is InChI=1S/C19H25N3O/c1-14(2)22(12-9-17-7-10-20-11-8-17)19(23)21-18-6-5-15(3)16(4)13-18/h5-8,10-11,13-14H,9,12H2,1-4H3,(H,21,23). The maximum atomic E-state index is 12.6. The predicted octanol–water partition coefficient (Wildman–Crippen LogP) is 4.18. The fourth-order valence-corrected chi connectivity index (χ4v) is 2.41. The molecule has 1 aromatic heterocycles. The summed E-state index contributed by atoms with van der Waals surface area (Å²) in [5.41, 5.74) is 4.43. The Morgan fingerprint density at radius 1 is 1.13 bits per heavy atom. The van der Waals surface area contributed by atoms with Crippen LogP contribution in [-0.4, -0.2) is 28.5 Å². The second kappa shape index (κ2) is 7.77. The van der Waals surface area contributed by atoms with Crippen molar-refractivity contribution in [2.45, 2.75) is 40.2 Å². The molecule has 0 bridgehead atoms. The second-order valence-corrected chi connectivity index (χ2v) is 6.12. The third-order valence-corrected chi connectivity index (χ3v) is 4.03. The first-order chi connectivity index (χ1) is 11.0. The van der Waals surface area contributed by atoms with Crippen molar-refractivity contribution in [1.82, 2.24) is 9.88 Å². The molecule has 0 fully saturated rings. The van der Waals surface area contributed by atoms with Crippen molar-refractivity contribution >= 4 is 11.7 Å². The van der Waals surface area contributed by atoms with E-state index in [0.717, 1.165) is 12.1 Å². The highest BCUT2D eigenvalue weighted by molar-refractivity contribution is 5.89. The van der Waals surface area contributed by atoms with Crippen LogP contribution in [0.2, 0.25) is 0 Å². The zero-order chi connectivity index (χ0) is 16.8. The number of carbonyl (C=O) groups excluding carboxylic acids is 1. The molecule has 1 heterocycles. The number of pyridine rings is 1. The lowest BCUT2D eigenvalue weighted by Crippen LogP contribution is -2.41. The highest BCUT2D eigenvalue weighted by atomic mass is 16.2. The number of hydrogen-bond donors (Lipinski definition) is 1. The average molecular weight is 311 g/mol. The summed E-state index contributed by atoms with van der Waals surface area (Å²) >= 11 is 0. The van der Waals surface area contributed by atoms with Crippen molar-refractivity contribution in [3.8, 4) is 0 Å². The van der Waals surface area contributed by atoms with E-state index in [-0.39, 0.29) is 12.1 Å². The summed E-state index contributed by atoms with van der Waals surface area (Å²) in [5, 5.41) is 3.00.